The van der Waals surface area contributed by atoms with Crippen LogP contribution < -0.4 is 5.32 Å². The van der Waals surface area contributed by atoms with E-state index >= 15 is 0 Å². The summed E-state index contributed by atoms with van der Waals surface area (Å²) in [6, 6.07) is 8.61. The molecular weight excluding hydrogens is 333 g/mol. The van der Waals surface area contributed by atoms with Crippen LogP contribution in [0.2, 0.25) is 0 Å². The number of rotatable bonds is 3. The second-order valence-corrected chi connectivity index (χ2v) is 5.76. The van der Waals surface area contributed by atoms with E-state index in [1.165, 1.54) is 10.9 Å². The van der Waals surface area contributed by atoms with E-state index in [-0.39, 0.29) is 23.0 Å². The zero-order valence-electron chi connectivity index (χ0n) is 12.7. The van der Waals surface area contributed by atoms with Gasteiger partial charge in [0.2, 0.25) is 5.82 Å². The number of halogens is 3. The van der Waals surface area contributed by atoms with Gasteiger partial charge in [-0.3, -0.25) is 4.57 Å². The molecule has 1 aliphatic rings. The topological polar surface area (TPSA) is 79.4 Å². The molecule has 0 atom stereocenters. The third-order valence-electron chi connectivity index (χ3n) is 3.82. The Bertz CT molecular complexity index is 997. The Morgan fingerprint density at radius 1 is 1.24 bits per heavy atom. The molecule has 0 spiro atoms. The number of benzene rings is 1. The predicted octanol–water partition coefficient (Wildman–Crippen LogP) is 3.28. The first-order valence-corrected chi connectivity index (χ1v) is 7.55. The van der Waals surface area contributed by atoms with Crippen molar-refractivity contribution >= 4 is 17.0 Å². The molecule has 0 unspecified atom stereocenters. The van der Waals surface area contributed by atoms with Crippen molar-refractivity contribution in [2.75, 3.05) is 5.32 Å². The molecule has 3 aromatic rings. The van der Waals surface area contributed by atoms with Gasteiger partial charge in [-0.1, -0.05) is 6.07 Å². The van der Waals surface area contributed by atoms with Crippen LogP contribution in [0.5, 0.6) is 0 Å². The van der Waals surface area contributed by atoms with Gasteiger partial charge in [-0.25, -0.2) is 15.0 Å². The number of nitrogens with one attached hydrogen (secondary N) is 1. The van der Waals surface area contributed by atoms with Crippen molar-refractivity contribution < 1.29 is 13.2 Å². The van der Waals surface area contributed by atoms with Crippen LogP contribution in [0.3, 0.4) is 0 Å². The van der Waals surface area contributed by atoms with Gasteiger partial charge in [0.05, 0.1) is 11.6 Å². The number of nitrogens with zero attached hydrogens (tertiary/aromatic N) is 5. The maximum Gasteiger partial charge on any atom is 0.451 e. The summed E-state index contributed by atoms with van der Waals surface area (Å²) in [7, 11) is 0. The molecule has 1 aliphatic carbocycles. The average Bonchev–Trinajstić information content (AvgIpc) is 3.29. The number of imidazole rings is 1. The molecule has 6 nitrogen and oxygen atoms in total. The van der Waals surface area contributed by atoms with E-state index in [4.69, 9.17) is 5.26 Å². The van der Waals surface area contributed by atoms with E-state index in [1.54, 1.807) is 24.3 Å². The lowest BCUT2D eigenvalue weighted by molar-refractivity contribution is -0.144. The van der Waals surface area contributed by atoms with Gasteiger partial charge in [0, 0.05) is 11.7 Å². The van der Waals surface area contributed by atoms with Crippen molar-refractivity contribution in [1.82, 2.24) is 19.5 Å². The Morgan fingerprint density at radius 3 is 2.72 bits per heavy atom. The third kappa shape index (κ3) is 2.87. The normalized spacial score (nSPS) is 14.5. The minimum atomic E-state index is -4.67. The van der Waals surface area contributed by atoms with Crippen LogP contribution in [0.4, 0.5) is 19.0 Å². The van der Waals surface area contributed by atoms with Crippen LogP contribution in [-0.2, 0) is 6.18 Å². The molecule has 1 saturated carbocycles. The summed E-state index contributed by atoms with van der Waals surface area (Å²) in [4.78, 5) is 11.5. The number of anilines is 1. The zero-order valence-corrected chi connectivity index (χ0v) is 12.7. The number of nitriles is 1. The Morgan fingerprint density at radius 2 is 2.04 bits per heavy atom. The molecule has 0 amide bonds. The molecule has 25 heavy (non-hydrogen) atoms. The van der Waals surface area contributed by atoms with Gasteiger partial charge >= 0.3 is 6.18 Å². The fraction of sp³-hybridized carbons (Fsp3) is 0.250. The summed E-state index contributed by atoms with van der Waals surface area (Å²) in [6.07, 6.45) is -1.51. The SMILES string of the molecule is N#Cc1cccc(-n2cnc3c(NC4CC4)nc(C(F)(F)F)nc32)c1. The van der Waals surface area contributed by atoms with Crippen LogP contribution in [0.15, 0.2) is 30.6 Å². The summed E-state index contributed by atoms with van der Waals surface area (Å²) in [5.74, 6) is -1.14. The molecule has 126 valence electrons. The highest BCUT2D eigenvalue weighted by atomic mass is 19.4. The van der Waals surface area contributed by atoms with Gasteiger partial charge < -0.3 is 5.32 Å². The molecule has 1 N–H and O–H groups in total. The van der Waals surface area contributed by atoms with Gasteiger partial charge in [0.1, 0.15) is 6.33 Å². The quantitative estimate of drug-likeness (QED) is 0.789. The van der Waals surface area contributed by atoms with E-state index in [1.807, 2.05) is 6.07 Å². The molecule has 0 saturated heterocycles. The van der Waals surface area contributed by atoms with Gasteiger partial charge in [0.25, 0.3) is 0 Å². The maximum atomic E-state index is 13.2. The van der Waals surface area contributed by atoms with E-state index in [2.05, 4.69) is 20.3 Å². The molecular formula is C16H11F3N6. The van der Waals surface area contributed by atoms with Crippen molar-refractivity contribution in [2.45, 2.75) is 25.1 Å². The zero-order chi connectivity index (χ0) is 17.6. The molecule has 4 rings (SSSR count). The van der Waals surface area contributed by atoms with E-state index in [9.17, 15) is 13.2 Å². The van der Waals surface area contributed by atoms with Gasteiger partial charge in [0.15, 0.2) is 17.0 Å². The minimum Gasteiger partial charge on any atom is -0.365 e. The van der Waals surface area contributed by atoms with Crippen LogP contribution in [0.1, 0.15) is 24.2 Å². The van der Waals surface area contributed by atoms with Crippen LogP contribution >= 0.6 is 0 Å². The number of hydrogen-bond acceptors (Lipinski definition) is 5. The Hall–Kier alpha value is -3.15. The summed E-state index contributed by atoms with van der Waals surface area (Å²) in [5, 5.41) is 12.0. The van der Waals surface area contributed by atoms with Gasteiger partial charge in [-0.15, -0.1) is 0 Å². The van der Waals surface area contributed by atoms with Crippen LogP contribution in [0, 0.1) is 11.3 Å². The molecule has 1 fully saturated rings. The Kier molecular flexibility index (Phi) is 3.35. The summed E-state index contributed by atoms with van der Waals surface area (Å²) in [6.45, 7) is 0. The van der Waals surface area contributed by atoms with E-state index in [0.717, 1.165) is 12.8 Å². The Labute approximate surface area is 140 Å². The second-order valence-electron chi connectivity index (χ2n) is 5.76. The summed E-state index contributed by atoms with van der Waals surface area (Å²) < 4.78 is 41.0. The first-order valence-electron chi connectivity index (χ1n) is 7.55. The highest BCUT2D eigenvalue weighted by molar-refractivity contribution is 5.84. The standard InChI is InChI=1S/C16H11F3N6/c17-16(18,19)15-23-13(22-10-4-5-10)12-14(24-15)25(8-21-12)11-3-1-2-9(6-11)7-20/h1-3,6,8,10H,4-5H2,(H,22,23,24). The van der Waals surface area contributed by atoms with Crippen molar-refractivity contribution in [1.29, 1.82) is 5.26 Å². The lowest BCUT2D eigenvalue weighted by Crippen LogP contribution is -2.15. The average molecular weight is 344 g/mol. The lowest BCUT2D eigenvalue weighted by Gasteiger charge is -2.10. The summed E-state index contributed by atoms with van der Waals surface area (Å²) >= 11 is 0. The number of fused-ring (bicyclic) bond motifs is 1. The number of aromatic nitrogens is 4. The minimum absolute atomic E-state index is 0.0422. The number of alkyl halides is 3. The van der Waals surface area contributed by atoms with Crippen LogP contribution in [-0.4, -0.2) is 25.6 Å². The largest absolute Gasteiger partial charge is 0.451 e. The fourth-order valence-electron chi connectivity index (χ4n) is 2.46. The van der Waals surface area contributed by atoms with Crippen LogP contribution in [0.25, 0.3) is 16.9 Å². The van der Waals surface area contributed by atoms with Crippen molar-refractivity contribution in [3.05, 3.63) is 42.0 Å². The highest BCUT2D eigenvalue weighted by Gasteiger charge is 2.37. The van der Waals surface area contributed by atoms with E-state index < -0.39 is 12.0 Å². The monoisotopic (exact) mass is 344 g/mol. The molecule has 9 heteroatoms. The van der Waals surface area contributed by atoms with Crippen molar-refractivity contribution in [3.63, 3.8) is 0 Å². The third-order valence-corrected chi connectivity index (χ3v) is 3.82. The molecule has 2 heterocycles. The molecule has 0 bridgehead atoms. The second kappa shape index (κ2) is 5.44. The van der Waals surface area contributed by atoms with Gasteiger partial charge in [-0.05, 0) is 31.0 Å². The highest BCUT2D eigenvalue weighted by Crippen LogP contribution is 2.33. The Balaban J connectivity index is 1.92. The van der Waals surface area contributed by atoms with Crippen molar-refractivity contribution in [3.8, 4) is 11.8 Å². The molecule has 1 aromatic carbocycles. The first-order chi connectivity index (χ1) is 12.0. The van der Waals surface area contributed by atoms with Crippen molar-refractivity contribution in [2.24, 2.45) is 0 Å². The molecule has 2 aromatic heterocycles. The fourth-order valence-corrected chi connectivity index (χ4v) is 2.46. The molecule has 0 aliphatic heterocycles. The van der Waals surface area contributed by atoms with E-state index in [0.29, 0.717) is 11.3 Å². The smallest absolute Gasteiger partial charge is 0.365 e. The number of hydrogen-bond donors (Lipinski definition) is 1. The predicted molar refractivity (Wildman–Crippen MR) is 83.0 cm³/mol. The first kappa shape index (κ1) is 15.4. The molecule has 0 radical (unpaired) electrons. The van der Waals surface area contributed by atoms with Gasteiger partial charge in [-0.2, -0.15) is 18.4 Å². The maximum absolute atomic E-state index is 13.2. The lowest BCUT2D eigenvalue weighted by atomic mass is 10.2. The summed E-state index contributed by atoms with van der Waals surface area (Å²) in [5.41, 5.74) is 1.20.